The fourth-order valence-electron chi connectivity index (χ4n) is 1.17. The molecule has 0 unspecified atom stereocenters. The molecule has 0 amide bonds. The number of benzene rings is 1. The summed E-state index contributed by atoms with van der Waals surface area (Å²) in [5, 5.41) is 8.41. The number of ketones is 1. The van der Waals surface area contributed by atoms with Gasteiger partial charge in [0.1, 0.15) is 11.5 Å². The zero-order valence-corrected chi connectivity index (χ0v) is 9.47. The predicted octanol–water partition coefficient (Wildman–Crippen LogP) is 1.37. The Morgan fingerprint density at radius 3 is 2.06 bits per heavy atom. The van der Waals surface area contributed by atoms with Gasteiger partial charge in [0, 0.05) is 6.07 Å². The summed E-state index contributed by atoms with van der Waals surface area (Å²) in [7, 11) is 3.01. The number of methoxy groups -OCH3 is 2. The SMILES string of the molecule is COc1cc(/C=C/C(=O)C(=O)O)cc(OC)c1. The first-order chi connectivity index (χ1) is 8.06. The number of aliphatic carboxylic acids is 1. The van der Waals surface area contributed by atoms with E-state index in [0.717, 1.165) is 6.08 Å². The van der Waals surface area contributed by atoms with Crippen molar-refractivity contribution >= 4 is 17.8 Å². The number of ether oxygens (including phenoxy) is 2. The Morgan fingerprint density at radius 1 is 1.12 bits per heavy atom. The topological polar surface area (TPSA) is 72.8 Å². The summed E-state index contributed by atoms with van der Waals surface area (Å²) >= 11 is 0. The van der Waals surface area contributed by atoms with Crippen molar-refractivity contribution in [2.45, 2.75) is 0 Å². The van der Waals surface area contributed by atoms with Crippen molar-refractivity contribution in [3.8, 4) is 11.5 Å². The zero-order chi connectivity index (χ0) is 12.8. The quantitative estimate of drug-likeness (QED) is 0.617. The molecule has 0 fully saturated rings. The van der Waals surface area contributed by atoms with Crippen molar-refractivity contribution in [3.63, 3.8) is 0 Å². The normalized spacial score (nSPS) is 10.2. The van der Waals surface area contributed by atoms with E-state index in [9.17, 15) is 9.59 Å². The summed E-state index contributed by atoms with van der Waals surface area (Å²) in [6.07, 6.45) is 2.37. The van der Waals surface area contributed by atoms with Gasteiger partial charge in [-0.05, 0) is 23.8 Å². The molecule has 1 N–H and O–H groups in total. The maximum absolute atomic E-state index is 10.9. The average molecular weight is 236 g/mol. The van der Waals surface area contributed by atoms with Crippen molar-refractivity contribution in [1.82, 2.24) is 0 Å². The molecule has 0 aromatic heterocycles. The fraction of sp³-hybridized carbons (Fsp3) is 0.167. The van der Waals surface area contributed by atoms with Crippen LogP contribution >= 0.6 is 0 Å². The minimum Gasteiger partial charge on any atom is -0.497 e. The molecule has 17 heavy (non-hydrogen) atoms. The van der Waals surface area contributed by atoms with Crippen LogP contribution in [0.2, 0.25) is 0 Å². The third-order valence-corrected chi connectivity index (χ3v) is 2.01. The zero-order valence-electron chi connectivity index (χ0n) is 9.47. The molecule has 1 aromatic rings. The minimum absolute atomic E-state index is 0.562. The van der Waals surface area contributed by atoms with Crippen LogP contribution in [0.15, 0.2) is 24.3 Å². The molecule has 0 atom stereocenters. The highest BCUT2D eigenvalue weighted by molar-refractivity contribution is 6.38. The second kappa shape index (κ2) is 5.69. The third kappa shape index (κ3) is 3.64. The smallest absolute Gasteiger partial charge is 0.376 e. The van der Waals surface area contributed by atoms with Gasteiger partial charge >= 0.3 is 5.97 Å². The Labute approximate surface area is 98.3 Å². The van der Waals surface area contributed by atoms with Crippen molar-refractivity contribution < 1.29 is 24.2 Å². The highest BCUT2D eigenvalue weighted by atomic mass is 16.5. The molecule has 0 bridgehead atoms. The molecule has 0 saturated carbocycles. The summed E-state index contributed by atoms with van der Waals surface area (Å²) in [5.74, 6) is -1.35. The van der Waals surface area contributed by atoms with Crippen molar-refractivity contribution in [2.75, 3.05) is 14.2 Å². The van der Waals surface area contributed by atoms with E-state index in [1.165, 1.54) is 20.3 Å². The van der Waals surface area contributed by atoms with Crippen LogP contribution in [0.25, 0.3) is 6.08 Å². The van der Waals surface area contributed by atoms with Crippen LogP contribution in [-0.2, 0) is 9.59 Å². The summed E-state index contributed by atoms with van der Waals surface area (Å²) in [5.41, 5.74) is 0.621. The predicted molar refractivity (Wildman–Crippen MR) is 61.2 cm³/mol. The van der Waals surface area contributed by atoms with Gasteiger partial charge in [-0.3, -0.25) is 4.79 Å². The van der Waals surface area contributed by atoms with Gasteiger partial charge in [0.05, 0.1) is 14.2 Å². The van der Waals surface area contributed by atoms with Crippen LogP contribution in [0.5, 0.6) is 11.5 Å². The third-order valence-electron chi connectivity index (χ3n) is 2.01. The van der Waals surface area contributed by atoms with Gasteiger partial charge < -0.3 is 14.6 Å². The lowest BCUT2D eigenvalue weighted by molar-refractivity contribution is -0.146. The maximum atomic E-state index is 10.9. The van der Waals surface area contributed by atoms with E-state index in [2.05, 4.69) is 0 Å². The molecule has 5 heteroatoms. The van der Waals surface area contributed by atoms with E-state index in [-0.39, 0.29) is 0 Å². The molecule has 0 heterocycles. The maximum Gasteiger partial charge on any atom is 0.376 e. The van der Waals surface area contributed by atoms with Crippen LogP contribution in [0, 0.1) is 0 Å². The van der Waals surface area contributed by atoms with Gasteiger partial charge in [0.25, 0.3) is 5.78 Å². The first-order valence-electron chi connectivity index (χ1n) is 4.75. The second-order valence-corrected chi connectivity index (χ2v) is 3.15. The monoisotopic (exact) mass is 236 g/mol. The van der Waals surface area contributed by atoms with Crippen LogP contribution in [-0.4, -0.2) is 31.1 Å². The van der Waals surface area contributed by atoms with E-state index in [0.29, 0.717) is 17.1 Å². The minimum atomic E-state index is -1.49. The first-order valence-corrected chi connectivity index (χ1v) is 4.75. The summed E-state index contributed by atoms with van der Waals surface area (Å²) in [6, 6.07) is 5.00. The van der Waals surface area contributed by atoms with E-state index >= 15 is 0 Å². The Kier molecular flexibility index (Phi) is 4.28. The van der Waals surface area contributed by atoms with Crippen LogP contribution < -0.4 is 9.47 Å². The number of hydrogen-bond donors (Lipinski definition) is 1. The van der Waals surface area contributed by atoms with E-state index in [1.807, 2.05) is 0 Å². The molecule has 1 rings (SSSR count). The largest absolute Gasteiger partial charge is 0.497 e. The number of carboxylic acid groups (broad SMARTS) is 1. The van der Waals surface area contributed by atoms with Gasteiger partial charge in [-0.2, -0.15) is 0 Å². The second-order valence-electron chi connectivity index (χ2n) is 3.15. The highest BCUT2D eigenvalue weighted by Gasteiger charge is 2.06. The van der Waals surface area contributed by atoms with Crippen molar-refractivity contribution in [3.05, 3.63) is 29.8 Å². The van der Waals surface area contributed by atoms with Gasteiger partial charge in [-0.1, -0.05) is 6.08 Å². The summed E-state index contributed by atoms with van der Waals surface area (Å²) in [4.78, 5) is 21.2. The molecular weight excluding hydrogens is 224 g/mol. The van der Waals surface area contributed by atoms with Crippen LogP contribution in [0.3, 0.4) is 0 Å². The first kappa shape index (κ1) is 12.8. The van der Waals surface area contributed by atoms with Crippen molar-refractivity contribution in [2.24, 2.45) is 0 Å². The van der Waals surface area contributed by atoms with Crippen molar-refractivity contribution in [1.29, 1.82) is 0 Å². The van der Waals surface area contributed by atoms with Crippen LogP contribution in [0.4, 0.5) is 0 Å². The Morgan fingerprint density at radius 2 is 1.65 bits per heavy atom. The Hall–Kier alpha value is -2.30. The van der Waals surface area contributed by atoms with Gasteiger partial charge in [-0.15, -0.1) is 0 Å². The molecule has 0 radical (unpaired) electrons. The van der Waals surface area contributed by atoms with Crippen LogP contribution in [0.1, 0.15) is 5.56 Å². The molecule has 0 aliphatic heterocycles. The van der Waals surface area contributed by atoms with Gasteiger partial charge in [0.15, 0.2) is 0 Å². The average Bonchev–Trinajstić information content (AvgIpc) is 2.35. The summed E-state index contributed by atoms with van der Waals surface area (Å²) < 4.78 is 10.1. The Balaban J connectivity index is 2.97. The van der Waals surface area contributed by atoms with E-state index < -0.39 is 11.8 Å². The lowest BCUT2D eigenvalue weighted by Gasteiger charge is -2.05. The molecule has 0 aliphatic carbocycles. The molecular formula is C12H12O5. The molecule has 90 valence electrons. The molecule has 1 aromatic carbocycles. The Bertz CT molecular complexity index is 440. The van der Waals surface area contributed by atoms with E-state index in [1.54, 1.807) is 18.2 Å². The lowest BCUT2D eigenvalue weighted by Crippen LogP contribution is -2.08. The number of carbonyl (C=O) groups excluding carboxylic acids is 1. The number of carboxylic acids is 1. The number of carbonyl (C=O) groups is 2. The standard InChI is InChI=1S/C12H12O5/c1-16-9-5-8(6-10(7-9)17-2)3-4-11(13)12(14)15/h3-7H,1-2H3,(H,14,15)/b4-3+. The fourth-order valence-corrected chi connectivity index (χ4v) is 1.17. The molecule has 0 spiro atoms. The molecule has 0 saturated heterocycles. The van der Waals surface area contributed by atoms with E-state index in [4.69, 9.17) is 14.6 Å². The van der Waals surface area contributed by atoms with Gasteiger partial charge in [-0.25, -0.2) is 4.79 Å². The number of rotatable bonds is 5. The lowest BCUT2D eigenvalue weighted by atomic mass is 10.1. The van der Waals surface area contributed by atoms with Gasteiger partial charge in [0.2, 0.25) is 0 Å². The highest BCUT2D eigenvalue weighted by Crippen LogP contribution is 2.23. The summed E-state index contributed by atoms with van der Waals surface area (Å²) in [6.45, 7) is 0. The number of hydrogen-bond acceptors (Lipinski definition) is 4. The molecule has 5 nitrogen and oxygen atoms in total. The molecule has 0 aliphatic rings.